The Kier molecular flexibility index (Phi) is 4.42. The molecule has 0 spiro atoms. The summed E-state index contributed by atoms with van der Waals surface area (Å²) in [5.41, 5.74) is 0.211. The van der Waals surface area contributed by atoms with Crippen molar-refractivity contribution in [2.75, 3.05) is 6.26 Å². The number of para-hydroxylation sites is 1. The quantitative estimate of drug-likeness (QED) is 0.635. The standard InChI is InChI=1S/C11H15NO5S/c1-8(18(2,16)17)11(13)7-9-5-3-4-6-10(9)12(14)15/h3-6,8,11,13H,7H2,1-2H3. The van der Waals surface area contributed by atoms with E-state index in [0.29, 0.717) is 5.56 Å². The third-order valence-electron chi connectivity index (χ3n) is 2.83. The maximum absolute atomic E-state index is 11.3. The van der Waals surface area contributed by atoms with E-state index in [0.717, 1.165) is 6.26 Å². The zero-order valence-electron chi connectivity index (χ0n) is 10.1. The van der Waals surface area contributed by atoms with Crippen LogP contribution in [0.5, 0.6) is 0 Å². The average Bonchev–Trinajstić information content (AvgIpc) is 2.27. The molecule has 7 heteroatoms. The highest BCUT2D eigenvalue weighted by Crippen LogP contribution is 2.21. The Labute approximate surface area is 105 Å². The topological polar surface area (TPSA) is 97.5 Å². The number of rotatable bonds is 5. The first-order valence-corrected chi connectivity index (χ1v) is 7.28. The van der Waals surface area contributed by atoms with Crippen molar-refractivity contribution in [3.05, 3.63) is 39.9 Å². The molecule has 0 aromatic heterocycles. The van der Waals surface area contributed by atoms with Gasteiger partial charge in [-0.05, 0) is 6.92 Å². The maximum atomic E-state index is 11.3. The summed E-state index contributed by atoms with van der Waals surface area (Å²) < 4.78 is 22.6. The lowest BCUT2D eigenvalue weighted by atomic mass is 10.0. The largest absolute Gasteiger partial charge is 0.391 e. The second-order valence-corrected chi connectivity index (χ2v) is 6.59. The maximum Gasteiger partial charge on any atom is 0.272 e. The van der Waals surface area contributed by atoms with Crippen molar-refractivity contribution in [1.29, 1.82) is 0 Å². The third kappa shape index (κ3) is 3.51. The summed E-state index contributed by atoms with van der Waals surface area (Å²) >= 11 is 0. The molecule has 1 rings (SSSR count). The van der Waals surface area contributed by atoms with Gasteiger partial charge < -0.3 is 5.11 Å². The number of aliphatic hydroxyl groups is 1. The predicted molar refractivity (Wildman–Crippen MR) is 67.1 cm³/mol. The van der Waals surface area contributed by atoms with E-state index in [2.05, 4.69) is 0 Å². The van der Waals surface area contributed by atoms with Crippen LogP contribution in [-0.2, 0) is 16.3 Å². The summed E-state index contributed by atoms with van der Waals surface area (Å²) in [4.78, 5) is 10.2. The Morgan fingerprint density at radius 1 is 1.39 bits per heavy atom. The molecule has 0 radical (unpaired) electrons. The van der Waals surface area contributed by atoms with Gasteiger partial charge in [0, 0.05) is 24.3 Å². The van der Waals surface area contributed by atoms with Gasteiger partial charge in [0.15, 0.2) is 9.84 Å². The number of nitrogens with zero attached hydrogens (tertiary/aromatic N) is 1. The minimum absolute atomic E-state index is 0.0641. The van der Waals surface area contributed by atoms with Crippen molar-refractivity contribution < 1.29 is 18.4 Å². The van der Waals surface area contributed by atoms with Gasteiger partial charge in [-0.2, -0.15) is 0 Å². The molecule has 0 saturated heterocycles. The van der Waals surface area contributed by atoms with Crippen LogP contribution >= 0.6 is 0 Å². The first-order valence-electron chi connectivity index (χ1n) is 5.32. The van der Waals surface area contributed by atoms with Gasteiger partial charge >= 0.3 is 0 Å². The molecule has 0 amide bonds. The van der Waals surface area contributed by atoms with E-state index in [1.54, 1.807) is 6.07 Å². The van der Waals surface area contributed by atoms with Gasteiger partial charge in [-0.1, -0.05) is 18.2 Å². The number of benzene rings is 1. The van der Waals surface area contributed by atoms with Gasteiger partial charge in [0.1, 0.15) is 0 Å². The van der Waals surface area contributed by atoms with E-state index >= 15 is 0 Å². The highest BCUT2D eigenvalue weighted by atomic mass is 32.2. The van der Waals surface area contributed by atoms with Gasteiger partial charge in [-0.25, -0.2) is 8.42 Å². The molecule has 18 heavy (non-hydrogen) atoms. The highest BCUT2D eigenvalue weighted by molar-refractivity contribution is 7.91. The minimum atomic E-state index is -3.38. The number of hydrogen-bond acceptors (Lipinski definition) is 5. The minimum Gasteiger partial charge on any atom is -0.391 e. The molecule has 0 bridgehead atoms. The van der Waals surface area contributed by atoms with Crippen LogP contribution in [0.1, 0.15) is 12.5 Å². The van der Waals surface area contributed by atoms with Crippen LogP contribution in [0.2, 0.25) is 0 Å². The molecule has 6 nitrogen and oxygen atoms in total. The Morgan fingerprint density at radius 3 is 2.44 bits per heavy atom. The average molecular weight is 273 g/mol. The molecular weight excluding hydrogens is 258 g/mol. The molecule has 1 N–H and O–H groups in total. The molecule has 0 aliphatic rings. The fourth-order valence-corrected chi connectivity index (χ4v) is 2.21. The lowest BCUT2D eigenvalue weighted by Crippen LogP contribution is -2.32. The van der Waals surface area contributed by atoms with Gasteiger partial charge in [0.25, 0.3) is 5.69 Å². The van der Waals surface area contributed by atoms with Crippen LogP contribution in [0.25, 0.3) is 0 Å². The Balaban J connectivity index is 2.95. The summed E-state index contributed by atoms with van der Waals surface area (Å²) in [5.74, 6) is 0. The van der Waals surface area contributed by atoms with E-state index in [1.165, 1.54) is 25.1 Å². The number of nitro benzene ring substituents is 1. The van der Waals surface area contributed by atoms with Crippen molar-refractivity contribution in [2.24, 2.45) is 0 Å². The normalized spacial score (nSPS) is 15.1. The molecule has 0 aliphatic carbocycles. The van der Waals surface area contributed by atoms with E-state index in [1.807, 2.05) is 0 Å². The van der Waals surface area contributed by atoms with Gasteiger partial charge in [-0.15, -0.1) is 0 Å². The van der Waals surface area contributed by atoms with E-state index in [9.17, 15) is 23.6 Å². The fraction of sp³-hybridized carbons (Fsp3) is 0.455. The number of sulfone groups is 1. The molecule has 0 saturated carbocycles. The Hall–Kier alpha value is -1.47. The Bertz CT molecular complexity index is 540. The molecule has 1 aromatic rings. The second-order valence-electron chi connectivity index (χ2n) is 4.19. The van der Waals surface area contributed by atoms with E-state index < -0.39 is 26.1 Å². The monoisotopic (exact) mass is 273 g/mol. The first-order chi connectivity index (χ1) is 8.23. The van der Waals surface area contributed by atoms with Crippen molar-refractivity contribution >= 4 is 15.5 Å². The SMILES string of the molecule is CC(C(O)Cc1ccccc1[N+](=O)[O-])S(C)(=O)=O. The lowest BCUT2D eigenvalue weighted by molar-refractivity contribution is -0.385. The number of aliphatic hydroxyl groups excluding tert-OH is 1. The molecular formula is C11H15NO5S. The first kappa shape index (κ1) is 14.6. The Morgan fingerprint density at radius 2 is 1.94 bits per heavy atom. The zero-order valence-corrected chi connectivity index (χ0v) is 10.9. The van der Waals surface area contributed by atoms with Crippen LogP contribution < -0.4 is 0 Å². The molecule has 2 unspecified atom stereocenters. The summed E-state index contributed by atoms with van der Waals surface area (Å²) in [5, 5.41) is 19.6. The van der Waals surface area contributed by atoms with Crippen molar-refractivity contribution in [1.82, 2.24) is 0 Å². The summed E-state index contributed by atoms with van der Waals surface area (Å²) in [7, 11) is -3.38. The number of nitro groups is 1. The summed E-state index contributed by atoms with van der Waals surface area (Å²) in [6.45, 7) is 1.38. The molecule has 1 aromatic carbocycles. The van der Waals surface area contributed by atoms with Crippen LogP contribution in [0.3, 0.4) is 0 Å². The molecule has 0 aliphatic heterocycles. The second kappa shape index (κ2) is 5.45. The van der Waals surface area contributed by atoms with Crippen molar-refractivity contribution in [3.8, 4) is 0 Å². The van der Waals surface area contributed by atoms with Gasteiger partial charge in [-0.3, -0.25) is 10.1 Å². The molecule has 0 fully saturated rings. The molecule has 2 atom stereocenters. The molecule has 100 valence electrons. The zero-order chi connectivity index (χ0) is 13.9. The van der Waals surface area contributed by atoms with E-state index in [-0.39, 0.29) is 12.1 Å². The highest BCUT2D eigenvalue weighted by Gasteiger charge is 2.26. The van der Waals surface area contributed by atoms with Crippen LogP contribution in [0.15, 0.2) is 24.3 Å². The van der Waals surface area contributed by atoms with Crippen LogP contribution in [0.4, 0.5) is 5.69 Å². The molecule has 0 heterocycles. The smallest absolute Gasteiger partial charge is 0.272 e. The van der Waals surface area contributed by atoms with E-state index in [4.69, 9.17) is 0 Å². The van der Waals surface area contributed by atoms with Crippen LogP contribution in [0, 0.1) is 10.1 Å². The van der Waals surface area contributed by atoms with Crippen LogP contribution in [-0.4, -0.2) is 36.1 Å². The van der Waals surface area contributed by atoms with Gasteiger partial charge in [0.05, 0.1) is 16.3 Å². The fourth-order valence-electron chi connectivity index (χ4n) is 1.54. The van der Waals surface area contributed by atoms with Crippen molar-refractivity contribution in [2.45, 2.75) is 24.7 Å². The number of hydrogen-bond donors (Lipinski definition) is 1. The summed E-state index contributed by atoms with van der Waals surface area (Å²) in [6.07, 6.45) is -0.202. The van der Waals surface area contributed by atoms with Crippen molar-refractivity contribution in [3.63, 3.8) is 0 Å². The summed E-state index contributed by atoms with van der Waals surface area (Å²) in [6, 6.07) is 5.97. The predicted octanol–water partition coefficient (Wildman–Crippen LogP) is 0.931. The third-order valence-corrected chi connectivity index (χ3v) is 4.50. The van der Waals surface area contributed by atoms with Gasteiger partial charge in [0.2, 0.25) is 0 Å². The lowest BCUT2D eigenvalue weighted by Gasteiger charge is -2.17.